The lowest BCUT2D eigenvalue weighted by Crippen LogP contribution is -1.94. The molecule has 108 valence electrons. The summed E-state index contributed by atoms with van der Waals surface area (Å²) in [7, 11) is 0. The van der Waals surface area contributed by atoms with Gasteiger partial charge in [-0.3, -0.25) is 0 Å². The van der Waals surface area contributed by atoms with Crippen LogP contribution < -0.4 is 0 Å². The molecule has 2 rings (SSSR count). The van der Waals surface area contributed by atoms with Crippen LogP contribution in [-0.2, 0) is 0 Å². The van der Waals surface area contributed by atoms with E-state index < -0.39 is 0 Å². The maximum atomic E-state index is 3.88. The molecule has 2 aromatic rings. The molecule has 0 aromatic heterocycles. The van der Waals surface area contributed by atoms with Crippen LogP contribution in [0.4, 0.5) is 0 Å². The highest BCUT2D eigenvalue weighted by Gasteiger charge is 2.07. The molecule has 2 aromatic carbocycles. The first-order chi connectivity index (χ1) is 10.3. The number of unbranched alkanes of at least 4 members (excludes halogenated alkanes) is 3. The van der Waals surface area contributed by atoms with Crippen molar-refractivity contribution >= 4 is 10.8 Å². The fraction of sp³-hybridized carbons (Fsp3) is 0.333. The van der Waals surface area contributed by atoms with Crippen LogP contribution in [0.25, 0.3) is 10.8 Å². The van der Waals surface area contributed by atoms with Crippen LogP contribution in [0, 0.1) is 11.8 Å². The molecular weight excluding hydrogens is 252 g/mol. The van der Waals surface area contributed by atoms with E-state index in [0.29, 0.717) is 0 Å². The van der Waals surface area contributed by atoms with Gasteiger partial charge in [0.1, 0.15) is 0 Å². The van der Waals surface area contributed by atoms with Gasteiger partial charge >= 0.3 is 0 Å². The summed E-state index contributed by atoms with van der Waals surface area (Å²) in [5.74, 6) is 7.07. The Morgan fingerprint density at radius 2 is 1.90 bits per heavy atom. The molecule has 1 unspecified atom stereocenters. The van der Waals surface area contributed by atoms with Crippen molar-refractivity contribution in [1.82, 2.24) is 0 Å². The normalized spacial score (nSPS) is 11.7. The van der Waals surface area contributed by atoms with E-state index in [1.807, 2.05) is 6.08 Å². The molecule has 0 radical (unpaired) electrons. The summed E-state index contributed by atoms with van der Waals surface area (Å²) in [6, 6.07) is 15.2. The van der Waals surface area contributed by atoms with E-state index in [4.69, 9.17) is 0 Å². The molecule has 0 amide bonds. The SMILES string of the molecule is C=CCC(C#CCCCCC)c1ccc2ccccc2c1. The number of hydrogen-bond donors (Lipinski definition) is 0. The minimum Gasteiger partial charge on any atom is -0.103 e. The number of fused-ring (bicyclic) bond motifs is 1. The molecule has 0 N–H and O–H groups in total. The van der Waals surface area contributed by atoms with Crippen molar-refractivity contribution in [2.75, 3.05) is 0 Å². The van der Waals surface area contributed by atoms with Gasteiger partial charge in [-0.15, -0.1) is 12.5 Å². The molecule has 0 bridgehead atoms. The molecule has 1 atom stereocenters. The fourth-order valence-corrected chi connectivity index (χ4v) is 2.53. The fourth-order valence-electron chi connectivity index (χ4n) is 2.53. The minimum absolute atomic E-state index is 0.272. The monoisotopic (exact) mass is 276 g/mol. The van der Waals surface area contributed by atoms with Gasteiger partial charge in [-0.2, -0.15) is 0 Å². The lowest BCUT2D eigenvalue weighted by atomic mass is 9.94. The first-order valence-electron chi connectivity index (χ1n) is 7.93. The summed E-state index contributed by atoms with van der Waals surface area (Å²) in [6.07, 6.45) is 7.63. The van der Waals surface area contributed by atoms with Gasteiger partial charge in [0.2, 0.25) is 0 Å². The molecule has 0 saturated heterocycles. The second-order valence-electron chi connectivity index (χ2n) is 5.46. The number of hydrogen-bond acceptors (Lipinski definition) is 0. The van der Waals surface area contributed by atoms with Crippen molar-refractivity contribution in [2.45, 2.75) is 44.9 Å². The van der Waals surface area contributed by atoms with Crippen LogP contribution in [0.1, 0.15) is 50.5 Å². The highest BCUT2D eigenvalue weighted by atomic mass is 14.1. The van der Waals surface area contributed by atoms with Gasteiger partial charge in [-0.05, 0) is 35.2 Å². The quantitative estimate of drug-likeness (QED) is 0.340. The van der Waals surface area contributed by atoms with E-state index in [2.05, 4.69) is 67.8 Å². The van der Waals surface area contributed by atoms with Crippen molar-refractivity contribution in [3.63, 3.8) is 0 Å². The van der Waals surface area contributed by atoms with Crippen LogP contribution in [0.2, 0.25) is 0 Å². The molecule has 0 fully saturated rings. The van der Waals surface area contributed by atoms with Crippen molar-refractivity contribution in [2.24, 2.45) is 0 Å². The zero-order valence-corrected chi connectivity index (χ0v) is 12.9. The highest BCUT2D eigenvalue weighted by Crippen LogP contribution is 2.24. The molecule has 0 aliphatic rings. The first kappa shape index (κ1) is 15.4. The predicted molar refractivity (Wildman–Crippen MR) is 93.4 cm³/mol. The van der Waals surface area contributed by atoms with Crippen molar-refractivity contribution in [3.05, 3.63) is 60.7 Å². The van der Waals surface area contributed by atoms with Crippen LogP contribution >= 0.6 is 0 Å². The first-order valence-corrected chi connectivity index (χ1v) is 7.93. The number of benzene rings is 2. The van der Waals surface area contributed by atoms with E-state index in [1.165, 1.54) is 35.6 Å². The summed E-state index contributed by atoms with van der Waals surface area (Å²) in [5.41, 5.74) is 1.30. The largest absolute Gasteiger partial charge is 0.103 e. The van der Waals surface area contributed by atoms with Gasteiger partial charge in [0.05, 0.1) is 0 Å². The number of allylic oxidation sites excluding steroid dienone is 1. The van der Waals surface area contributed by atoms with E-state index >= 15 is 0 Å². The summed E-state index contributed by atoms with van der Waals surface area (Å²) in [6.45, 7) is 6.10. The molecule has 0 heterocycles. The molecule has 0 saturated carbocycles. The van der Waals surface area contributed by atoms with E-state index in [9.17, 15) is 0 Å². The van der Waals surface area contributed by atoms with Gasteiger partial charge in [0.15, 0.2) is 0 Å². The van der Waals surface area contributed by atoms with Crippen molar-refractivity contribution in [3.8, 4) is 11.8 Å². The standard InChI is InChI=1S/C21H24/c1-3-5-6-7-8-12-18(11-4-2)21-16-15-19-13-9-10-14-20(19)17-21/h4,9-10,13-18H,2-3,5-7,11H2,1H3. The van der Waals surface area contributed by atoms with Gasteiger partial charge in [-0.25, -0.2) is 0 Å². The Kier molecular flexibility index (Phi) is 6.10. The van der Waals surface area contributed by atoms with E-state index in [1.54, 1.807) is 0 Å². The molecule has 0 heteroatoms. The van der Waals surface area contributed by atoms with Crippen LogP contribution in [0.15, 0.2) is 55.1 Å². The zero-order chi connectivity index (χ0) is 14.9. The average Bonchev–Trinajstić information content (AvgIpc) is 2.53. The Balaban J connectivity index is 2.17. The Morgan fingerprint density at radius 3 is 2.67 bits per heavy atom. The Morgan fingerprint density at radius 1 is 1.10 bits per heavy atom. The molecule has 0 aliphatic carbocycles. The molecule has 0 aliphatic heterocycles. The number of rotatable bonds is 6. The Hall–Kier alpha value is -2.00. The maximum absolute atomic E-state index is 3.88. The van der Waals surface area contributed by atoms with Crippen molar-refractivity contribution < 1.29 is 0 Å². The van der Waals surface area contributed by atoms with Gasteiger partial charge in [-0.1, -0.05) is 68.2 Å². The lowest BCUT2D eigenvalue weighted by Gasteiger charge is -2.10. The third kappa shape index (κ3) is 4.50. The molecule has 21 heavy (non-hydrogen) atoms. The van der Waals surface area contributed by atoms with Gasteiger partial charge in [0, 0.05) is 12.3 Å². The Bertz CT molecular complexity index is 640. The zero-order valence-electron chi connectivity index (χ0n) is 12.9. The maximum Gasteiger partial charge on any atom is 0.0486 e. The molecule has 0 spiro atoms. The highest BCUT2D eigenvalue weighted by molar-refractivity contribution is 5.83. The Labute approximate surface area is 128 Å². The van der Waals surface area contributed by atoms with Crippen LogP contribution in [0.5, 0.6) is 0 Å². The lowest BCUT2D eigenvalue weighted by molar-refractivity contribution is 0.736. The third-order valence-electron chi connectivity index (χ3n) is 3.76. The summed E-state index contributed by atoms with van der Waals surface area (Å²) in [4.78, 5) is 0. The van der Waals surface area contributed by atoms with Crippen molar-refractivity contribution in [1.29, 1.82) is 0 Å². The summed E-state index contributed by atoms with van der Waals surface area (Å²) >= 11 is 0. The van der Waals surface area contributed by atoms with Gasteiger partial charge < -0.3 is 0 Å². The van der Waals surface area contributed by atoms with Crippen LogP contribution in [-0.4, -0.2) is 0 Å². The summed E-state index contributed by atoms with van der Waals surface area (Å²) < 4.78 is 0. The summed E-state index contributed by atoms with van der Waals surface area (Å²) in [5, 5.41) is 2.58. The third-order valence-corrected chi connectivity index (χ3v) is 3.76. The van der Waals surface area contributed by atoms with Gasteiger partial charge in [0.25, 0.3) is 0 Å². The average molecular weight is 276 g/mol. The van der Waals surface area contributed by atoms with E-state index in [0.717, 1.165) is 12.8 Å². The van der Waals surface area contributed by atoms with E-state index in [-0.39, 0.29) is 5.92 Å². The smallest absolute Gasteiger partial charge is 0.0486 e. The minimum atomic E-state index is 0.272. The predicted octanol–water partition coefficient (Wildman–Crippen LogP) is 6.08. The molecule has 0 nitrogen and oxygen atoms in total. The van der Waals surface area contributed by atoms with Crippen LogP contribution in [0.3, 0.4) is 0 Å². The topological polar surface area (TPSA) is 0 Å². The molecular formula is C21H24. The second kappa shape index (κ2) is 8.32. The second-order valence-corrected chi connectivity index (χ2v) is 5.46.